The highest BCUT2D eigenvalue weighted by molar-refractivity contribution is 5.98. The topological polar surface area (TPSA) is 66.6 Å². The SMILES string of the molecule is COc1cc(-c2cccc3c2CCc2c-3nc(N)c3ccccc23)cc(OC)c1OC. The van der Waals surface area contributed by atoms with Crippen molar-refractivity contribution in [3.8, 4) is 39.6 Å². The van der Waals surface area contributed by atoms with Gasteiger partial charge in [-0.1, -0.05) is 42.5 Å². The molecule has 1 aliphatic rings. The number of aryl methyl sites for hydroxylation is 1. The van der Waals surface area contributed by atoms with Crippen LogP contribution in [0.5, 0.6) is 17.2 Å². The standard InChI is InChI=1S/C26H24N2O3/c1-29-22-13-15(14-23(30-2)25(22)31-3)16-9-6-10-19-18(16)11-12-20-17-7-4-5-8-21(17)26(27)28-24(19)20/h4-10,13-14H,11-12H2,1-3H3,(H2,27,28). The summed E-state index contributed by atoms with van der Waals surface area (Å²) in [5, 5.41) is 2.21. The summed E-state index contributed by atoms with van der Waals surface area (Å²) in [6, 6.07) is 18.6. The van der Waals surface area contributed by atoms with Crippen LogP contribution in [0.3, 0.4) is 0 Å². The van der Waals surface area contributed by atoms with Crippen LogP contribution >= 0.6 is 0 Å². The van der Waals surface area contributed by atoms with Crippen LogP contribution in [0, 0.1) is 0 Å². The molecular formula is C26H24N2O3. The maximum Gasteiger partial charge on any atom is 0.203 e. The molecule has 0 saturated heterocycles. The Hall–Kier alpha value is -3.73. The van der Waals surface area contributed by atoms with Crippen LogP contribution in [0.1, 0.15) is 11.1 Å². The summed E-state index contributed by atoms with van der Waals surface area (Å²) >= 11 is 0. The van der Waals surface area contributed by atoms with Crippen molar-refractivity contribution in [2.24, 2.45) is 0 Å². The van der Waals surface area contributed by atoms with Gasteiger partial charge in [-0.2, -0.15) is 0 Å². The molecule has 4 aromatic rings. The molecule has 0 atom stereocenters. The Bertz CT molecular complexity index is 1290. The van der Waals surface area contributed by atoms with E-state index in [4.69, 9.17) is 24.9 Å². The highest BCUT2D eigenvalue weighted by atomic mass is 16.5. The Labute approximate surface area is 181 Å². The number of nitrogen functional groups attached to an aromatic ring is 1. The first-order valence-corrected chi connectivity index (χ1v) is 10.3. The van der Waals surface area contributed by atoms with E-state index in [1.165, 1.54) is 16.5 Å². The number of anilines is 1. The predicted molar refractivity (Wildman–Crippen MR) is 124 cm³/mol. The largest absolute Gasteiger partial charge is 0.493 e. The molecule has 156 valence electrons. The molecule has 0 unspecified atom stereocenters. The molecule has 0 fully saturated rings. The average Bonchev–Trinajstić information content (AvgIpc) is 2.82. The number of pyridine rings is 1. The number of rotatable bonds is 4. The van der Waals surface area contributed by atoms with Crippen LogP contribution in [-0.4, -0.2) is 26.3 Å². The summed E-state index contributed by atoms with van der Waals surface area (Å²) in [7, 11) is 4.88. The fraction of sp³-hybridized carbons (Fsp3) is 0.192. The van der Waals surface area contributed by atoms with Crippen LogP contribution in [0.25, 0.3) is 33.2 Å². The van der Waals surface area contributed by atoms with E-state index in [2.05, 4.69) is 30.3 Å². The number of hydrogen-bond donors (Lipinski definition) is 1. The summed E-state index contributed by atoms with van der Waals surface area (Å²) < 4.78 is 16.6. The van der Waals surface area contributed by atoms with Gasteiger partial charge in [0, 0.05) is 10.9 Å². The van der Waals surface area contributed by atoms with Crippen LogP contribution in [0.2, 0.25) is 0 Å². The van der Waals surface area contributed by atoms with Crippen LogP contribution < -0.4 is 19.9 Å². The molecular weight excluding hydrogens is 388 g/mol. The highest BCUT2D eigenvalue weighted by Crippen LogP contribution is 2.45. The molecule has 0 amide bonds. The van der Waals surface area contributed by atoms with Gasteiger partial charge in [0.2, 0.25) is 5.75 Å². The minimum absolute atomic E-state index is 0.570. The number of nitrogens with zero attached hydrogens (tertiary/aromatic N) is 1. The van der Waals surface area contributed by atoms with Gasteiger partial charge in [0.15, 0.2) is 11.5 Å². The zero-order valence-electron chi connectivity index (χ0n) is 17.9. The van der Waals surface area contributed by atoms with Crippen LogP contribution in [0.15, 0.2) is 54.6 Å². The second-order valence-corrected chi connectivity index (χ2v) is 7.62. The summed E-state index contributed by atoms with van der Waals surface area (Å²) in [4.78, 5) is 4.82. The Morgan fingerprint density at radius 2 is 1.39 bits per heavy atom. The van der Waals surface area contributed by atoms with E-state index >= 15 is 0 Å². The second-order valence-electron chi connectivity index (χ2n) is 7.62. The summed E-state index contributed by atoms with van der Waals surface area (Å²) in [6.07, 6.45) is 1.84. The van der Waals surface area contributed by atoms with Gasteiger partial charge in [-0.25, -0.2) is 4.98 Å². The van der Waals surface area contributed by atoms with Crippen molar-refractivity contribution >= 4 is 16.6 Å². The molecule has 1 aliphatic carbocycles. The molecule has 5 nitrogen and oxygen atoms in total. The maximum atomic E-state index is 6.34. The molecule has 0 spiro atoms. The van der Waals surface area contributed by atoms with Crippen LogP contribution in [0.4, 0.5) is 5.82 Å². The van der Waals surface area contributed by atoms with Crippen molar-refractivity contribution in [2.75, 3.05) is 27.1 Å². The molecule has 0 aliphatic heterocycles. The van der Waals surface area contributed by atoms with E-state index in [9.17, 15) is 0 Å². The van der Waals surface area contributed by atoms with Crippen molar-refractivity contribution < 1.29 is 14.2 Å². The minimum atomic E-state index is 0.570. The molecule has 31 heavy (non-hydrogen) atoms. The fourth-order valence-electron chi connectivity index (χ4n) is 4.66. The molecule has 2 N–H and O–H groups in total. The Morgan fingerprint density at radius 3 is 2.06 bits per heavy atom. The van der Waals surface area contributed by atoms with Gasteiger partial charge in [-0.15, -0.1) is 0 Å². The number of benzene rings is 3. The van der Waals surface area contributed by atoms with E-state index in [-0.39, 0.29) is 0 Å². The lowest BCUT2D eigenvalue weighted by Gasteiger charge is -2.24. The lowest BCUT2D eigenvalue weighted by molar-refractivity contribution is 0.324. The molecule has 0 radical (unpaired) electrons. The maximum absolute atomic E-state index is 6.34. The van der Waals surface area contributed by atoms with Gasteiger partial charge < -0.3 is 19.9 Å². The first kappa shape index (κ1) is 19.2. The first-order chi connectivity index (χ1) is 15.2. The monoisotopic (exact) mass is 412 g/mol. The van der Waals surface area contributed by atoms with Crippen molar-refractivity contribution in [2.45, 2.75) is 12.8 Å². The lowest BCUT2D eigenvalue weighted by Crippen LogP contribution is -2.10. The summed E-state index contributed by atoms with van der Waals surface area (Å²) in [5.41, 5.74) is 13.1. The number of fused-ring (bicyclic) bond motifs is 5. The Kier molecular flexibility index (Phi) is 4.66. The Morgan fingerprint density at radius 1 is 0.742 bits per heavy atom. The molecule has 1 aromatic heterocycles. The van der Waals surface area contributed by atoms with E-state index < -0.39 is 0 Å². The number of ether oxygens (including phenoxy) is 3. The van der Waals surface area contributed by atoms with Gasteiger partial charge in [-0.05, 0) is 52.6 Å². The van der Waals surface area contributed by atoms with Crippen molar-refractivity contribution in [3.63, 3.8) is 0 Å². The van der Waals surface area contributed by atoms with Crippen molar-refractivity contribution in [1.82, 2.24) is 4.98 Å². The van der Waals surface area contributed by atoms with Gasteiger partial charge in [-0.3, -0.25) is 0 Å². The summed E-state index contributed by atoms with van der Waals surface area (Å²) in [5.74, 6) is 2.43. The minimum Gasteiger partial charge on any atom is -0.493 e. The predicted octanol–water partition coefficient (Wildman–Crippen LogP) is 5.28. The first-order valence-electron chi connectivity index (χ1n) is 10.3. The van der Waals surface area contributed by atoms with E-state index in [1.54, 1.807) is 21.3 Å². The highest BCUT2D eigenvalue weighted by Gasteiger charge is 2.24. The van der Waals surface area contributed by atoms with Crippen LogP contribution in [-0.2, 0) is 12.8 Å². The zero-order chi connectivity index (χ0) is 21.5. The van der Waals surface area contributed by atoms with E-state index in [1.807, 2.05) is 24.3 Å². The third-order valence-electron chi connectivity index (χ3n) is 6.08. The zero-order valence-corrected chi connectivity index (χ0v) is 17.9. The molecule has 1 heterocycles. The van der Waals surface area contributed by atoms with Gasteiger partial charge >= 0.3 is 0 Å². The van der Waals surface area contributed by atoms with Gasteiger partial charge in [0.05, 0.1) is 27.0 Å². The van der Waals surface area contributed by atoms with Crippen molar-refractivity contribution in [3.05, 3.63) is 65.7 Å². The van der Waals surface area contributed by atoms with Gasteiger partial charge in [0.25, 0.3) is 0 Å². The number of aromatic nitrogens is 1. The Balaban J connectivity index is 1.73. The van der Waals surface area contributed by atoms with Gasteiger partial charge in [0.1, 0.15) is 5.82 Å². The number of methoxy groups -OCH3 is 3. The normalized spacial score (nSPS) is 12.2. The van der Waals surface area contributed by atoms with E-state index in [0.717, 1.165) is 40.6 Å². The van der Waals surface area contributed by atoms with E-state index in [0.29, 0.717) is 23.1 Å². The molecule has 5 rings (SSSR count). The third kappa shape index (κ3) is 2.96. The molecule has 5 heteroatoms. The van der Waals surface area contributed by atoms with Crippen molar-refractivity contribution in [1.29, 1.82) is 0 Å². The smallest absolute Gasteiger partial charge is 0.203 e. The second kappa shape index (κ2) is 7.51. The molecule has 0 saturated carbocycles. The third-order valence-corrected chi connectivity index (χ3v) is 6.08. The lowest BCUT2D eigenvalue weighted by atomic mass is 9.82. The quantitative estimate of drug-likeness (QED) is 0.494. The average molecular weight is 412 g/mol. The number of nitrogens with two attached hydrogens (primary N) is 1. The summed E-state index contributed by atoms with van der Waals surface area (Å²) in [6.45, 7) is 0. The fourth-order valence-corrected chi connectivity index (χ4v) is 4.66. The molecule has 0 bridgehead atoms. The molecule has 3 aromatic carbocycles. The number of hydrogen-bond acceptors (Lipinski definition) is 5.